The van der Waals surface area contributed by atoms with Crippen molar-refractivity contribution in [2.75, 3.05) is 13.1 Å². The van der Waals surface area contributed by atoms with Crippen molar-refractivity contribution < 1.29 is 4.79 Å². The molecule has 16 heavy (non-hydrogen) atoms. The molecule has 0 saturated carbocycles. The monoisotopic (exact) mass is 224 g/mol. The number of hydrogen-bond donors (Lipinski definition) is 1. The predicted octanol–water partition coefficient (Wildman–Crippen LogP) is 1.56. The Bertz CT molecular complexity index is 309. The van der Waals surface area contributed by atoms with Crippen LogP contribution >= 0.6 is 0 Å². The van der Waals surface area contributed by atoms with E-state index in [4.69, 9.17) is 0 Å². The fourth-order valence-electron chi connectivity index (χ4n) is 1.58. The Morgan fingerprint density at radius 2 is 1.88 bits per heavy atom. The normalized spacial score (nSPS) is 11.1. The van der Waals surface area contributed by atoms with Crippen LogP contribution in [-0.4, -0.2) is 39.1 Å². The SMILES string of the molecule is CC(C)CN(CC(C)C)C(=O)c1ncn[nH]1. The van der Waals surface area contributed by atoms with Gasteiger partial charge in [-0.1, -0.05) is 27.7 Å². The zero-order chi connectivity index (χ0) is 12.1. The van der Waals surface area contributed by atoms with Crippen LogP contribution in [0.15, 0.2) is 6.33 Å². The zero-order valence-corrected chi connectivity index (χ0v) is 10.4. The van der Waals surface area contributed by atoms with Crippen molar-refractivity contribution in [2.45, 2.75) is 27.7 Å². The van der Waals surface area contributed by atoms with Crippen LogP contribution in [-0.2, 0) is 0 Å². The topological polar surface area (TPSA) is 61.9 Å². The van der Waals surface area contributed by atoms with Crippen molar-refractivity contribution >= 4 is 5.91 Å². The Kier molecular flexibility index (Phi) is 4.46. The molecular formula is C11H20N4O. The van der Waals surface area contributed by atoms with Crippen molar-refractivity contribution in [3.8, 4) is 0 Å². The maximum absolute atomic E-state index is 12.1. The first kappa shape index (κ1) is 12.7. The molecule has 5 nitrogen and oxygen atoms in total. The van der Waals surface area contributed by atoms with Gasteiger partial charge in [0.1, 0.15) is 6.33 Å². The van der Waals surface area contributed by atoms with Crippen LogP contribution in [0.4, 0.5) is 0 Å². The Morgan fingerprint density at radius 3 is 2.25 bits per heavy atom. The van der Waals surface area contributed by atoms with E-state index < -0.39 is 0 Å². The molecule has 0 spiro atoms. The third-order valence-corrected chi connectivity index (χ3v) is 2.08. The van der Waals surface area contributed by atoms with Crippen molar-refractivity contribution in [2.24, 2.45) is 11.8 Å². The second kappa shape index (κ2) is 5.63. The van der Waals surface area contributed by atoms with Crippen LogP contribution in [0.3, 0.4) is 0 Å². The molecule has 0 radical (unpaired) electrons. The van der Waals surface area contributed by atoms with Gasteiger partial charge in [-0.05, 0) is 11.8 Å². The molecule has 1 aromatic heterocycles. The van der Waals surface area contributed by atoms with Gasteiger partial charge >= 0.3 is 0 Å². The number of aromatic amines is 1. The Balaban J connectivity index is 2.71. The number of carbonyl (C=O) groups is 1. The molecule has 5 heteroatoms. The summed E-state index contributed by atoms with van der Waals surface area (Å²) in [6.07, 6.45) is 1.36. The van der Waals surface area contributed by atoms with Gasteiger partial charge in [0.05, 0.1) is 0 Å². The summed E-state index contributed by atoms with van der Waals surface area (Å²) in [5, 5.41) is 6.31. The summed E-state index contributed by atoms with van der Waals surface area (Å²) in [5.41, 5.74) is 0. The number of hydrogen-bond acceptors (Lipinski definition) is 3. The molecular weight excluding hydrogens is 204 g/mol. The molecule has 1 heterocycles. The number of rotatable bonds is 5. The van der Waals surface area contributed by atoms with Gasteiger partial charge < -0.3 is 4.90 Å². The summed E-state index contributed by atoms with van der Waals surface area (Å²) in [7, 11) is 0. The number of H-pyrrole nitrogens is 1. The number of carbonyl (C=O) groups excluding carboxylic acids is 1. The lowest BCUT2D eigenvalue weighted by Gasteiger charge is -2.25. The maximum atomic E-state index is 12.1. The molecule has 0 aliphatic rings. The van der Waals surface area contributed by atoms with E-state index in [0.29, 0.717) is 17.7 Å². The summed E-state index contributed by atoms with van der Waals surface area (Å²) < 4.78 is 0. The van der Waals surface area contributed by atoms with E-state index in [2.05, 4.69) is 42.9 Å². The molecule has 0 fully saturated rings. The third kappa shape index (κ3) is 3.64. The summed E-state index contributed by atoms with van der Waals surface area (Å²) >= 11 is 0. The van der Waals surface area contributed by atoms with E-state index in [1.165, 1.54) is 6.33 Å². The third-order valence-electron chi connectivity index (χ3n) is 2.08. The summed E-state index contributed by atoms with van der Waals surface area (Å²) in [6, 6.07) is 0. The van der Waals surface area contributed by atoms with Crippen LogP contribution < -0.4 is 0 Å². The maximum Gasteiger partial charge on any atom is 0.291 e. The van der Waals surface area contributed by atoms with E-state index >= 15 is 0 Å². The fraction of sp³-hybridized carbons (Fsp3) is 0.727. The first-order valence-electron chi connectivity index (χ1n) is 5.65. The number of nitrogens with one attached hydrogen (secondary N) is 1. The van der Waals surface area contributed by atoms with Crippen LogP contribution in [0.25, 0.3) is 0 Å². The van der Waals surface area contributed by atoms with Gasteiger partial charge in [0.2, 0.25) is 5.82 Å². The van der Waals surface area contributed by atoms with Crippen LogP contribution in [0.5, 0.6) is 0 Å². The highest BCUT2D eigenvalue weighted by atomic mass is 16.2. The predicted molar refractivity (Wildman–Crippen MR) is 62.0 cm³/mol. The van der Waals surface area contributed by atoms with E-state index in [1.807, 2.05) is 4.90 Å². The van der Waals surface area contributed by atoms with Gasteiger partial charge in [-0.25, -0.2) is 4.98 Å². The zero-order valence-electron chi connectivity index (χ0n) is 10.4. The van der Waals surface area contributed by atoms with Gasteiger partial charge in [0.25, 0.3) is 5.91 Å². The lowest BCUT2D eigenvalue weighted by molar-refractivity contribution is 0.0703. The van der Waals surface area contributed by atoms with Gasteiger partial charge in [-0.15, -0.1) is 0 Å². The fourth-order valence-corrected chi connectivity index (χ4v) is 1.58. The van der Waals surface area contributed by atoms with E-state index in [-0.39, 0.29) is 5.91 Å². The quantitative estimate of drug-likeness (QED) is 0.825. The Morgan fingerprint density at radius 1 is 1.31 bits per heavy atom. The summed E-state index contributed by atoms with van der Waals surface area (Å²) in [5.74, 6) is 1.15. The summed E-state index contributed by atoms with van der Waals surface area (Å²) in [6.45, 7) is 9.89. The van der Waals surface area contributed by atoms with Crippen LogP contribution in [0, 0.1) is 11.8 Å². The lowest BCUT2D eigenvalue weighted by Crippen LogP contribution is -2.37. The van der Waals surface area contributed by atoms with Crippen molar-refractivity contribution in [3.05, 3.63) is 12.2 Å². The molecule has 1 N–H and O–H groups in total. The highest BCUT2D eigenvalue weighted by Gasteiger charge is 2.19. The number of aromatic nitrogens is 3. The molecule has 0 aliphatic carbocycles. The average molecular weight is 224 g/mol. The second-order valence-corrected chi connectivity index (χ2v) is 4.83. The first-order valence-corrected chi connectivity index (χ1v) is 5.65. The van der Waals surface area contributed by atoms with Crippen molar-refractivity contribution in [1.82, 2.24) is 20.1 Å². The highest BCUT2D eigenvalue weighted by molar-refractivity contribution is 5.90. The molecule has 1 rings (SSSR count). The summed E-state index contributed by atoms with van der Waals surface area (Å²) in [4.78, 5) is 17.8. The molecule has 1 amide bonds. The number of amides is 1. The Hall–Kier alpha value is -1.39. The van der Waals surface area contributed by atoms with Gasteiger partial charge in [0.15, 0.2) is 0 Å². The largest absolute Gasteiger partial charge is 0.335 e. The van der Waals surface area contributed by atoms with Gasteiger partial charge in [-0.3, -0.25) is 9.89 Å². The van der Waals surface area contributed by atoms with Crippen molar-refractivity contribution in [1.29, 1.82) is 0 Å². The smallest absolute Gasteiger partial charge is 0.291 e. The molecule has 0 aliphatic heterocycles. The second-order valence-electron chi connectivity index (χ2n) is 4.83. The first-order chi connectivity index (χ1) is 7.50. The molecule has 0 unspecified atom stereocenters. The van der Waals surface area contributed by atoms with Gasteiger partial charge in [-0.2, -0.15) is 5.10 Å². The number of nitrogens with zero attached hydrogens (tertiary/aromatic N) is 3. The van der Waals surface area contributed by atoms with E-state index in [1.54, 1.807) is 0 Å². The molecule has 1 aromatic rings. The molecule has 0 atom stereocenters. The molecule has 0 saturated heterocycles. The minimum Gasteiger partial charge on any atom is -0.335 e. The Labute approximate surface area is 96.3 Å². The van der Waals surface area contributed by atoms with E-state index in [0.717, 1.165) is 13.1 Å². The van der Waals surface area contributed by atoms with Crippen LogP contribution in [0.1, 0.15) is 38.3 Å². The molecule has 0 bridgehead atoms. The van der Waals surface area contributed by atoms with Gasteiger partial charge in [0, 0.05) is 13.1 Å². The molecule has 0 aromatic carbocycles. The minimum absolute atomic E-state index is 0.0695. The lowest BCUT2D eigenvalue weighted by atomic mass is 10.1. The van der Waals surface area contributed by atoms with Crippen LogP contribution in [0.2, 0.25) is 0 Å². The average Bonchev–Trinajstić information content (AvgIpc) is 2.66. The minimum atomic E-state index is -0.0695. The van der Waals surface area contributed by atoms with Crippen molar-refractivity contribution in [3.63, 3.8) is 0 Å². The standard InChI is InChI=1S/C11H20N4O/c1-8(2)5-15(6-9(3)4)11(16)10-12-7-13-14-10/h7-9H,5-6H2,1-4H3,(H,12,13,14). The molecule has 90 valence electrons. The van der Waals surface area contributed by atoms with E-state index in [9.17, 15) is 4.79 Å². The highest BCUT2D eigenvalue weighted by Crippen LogP contribution is 2.07.